The molecular formula is C35H45BrCl2N2O4. The van der Waals surface area contributed by atoms with E-state index in [1.165, 1.54) is 48.7 Å². The number of ether oxygens (including phenoxy) is 3. The Bertz CT molecular complexity index is 1280. The Kier molecular flexibility index (Phi) is 23.9. The molecule has 0 atom stereocenters. The maximum Gasteiger partial charge on any atom is 0.183 e. The van der Waals surface area contributed by atoms with E-state index in [-0.39, 0.29) is 12.9 Å². The molecule has 2 aromatic heterocycles. The molecule has 9 heteroatoms. The predicted octanol–water partition coefficient (Wildman–Crippen LogP) is 9.93. The first-order chi connectivity index (χ1) is 21.1. The number of aromatic nitrogens is 2. The van der Waals surface area contributed by atoms with E-state index < -0.39 is 0 Å². The minimum atomic E-state index is -0.0752. The summed E-state index contributed by atoms with van der Waals surface area (Å²) in [6.07, 6.45) is 9.96. The minimum Gasteiger partial charge on any atom is -0.493 e. The van der Waals surface area contributed by atoms with Crippen LogP contribution in [0.5, 0.6) is 5.75 Å². The van der Waals surface area contributed by atoms with E-state index in [1.54, 1.807) is 12.3 Å². The molecule has 4 aromatic rings. The van der Waals surface area contributed by atoms with Gasteiger partial charge in [-0.3, -0.25) is 4.79 Å². The molecule has 0 spiro atoms. The number of rotatable bonds is 16. The summed E-state index contributed by atoms with van der Waals surface area (Å²) in [5, 5.41) is 1.94. The van der Waals surface area contributed by atoms with E-state index in [2.05, 4.69) is 50.2 Å². The molecule has 2 aromatic carbocycles. The van der Waals surface area contributed by atoms with Crippen LogP contribution in [0.4, 0.5) is 0 Å². The number of hydrogen-bond acceptors (Lipinski definition) is 5. The van der Waals surface area contributed by atoms with E-state index in [0.29, 0.717) is 23.5 Å². The summed E-state index contributed by atoms with van der Waals surface area (Å²) in [4.78, 5) is 16.9. The zero-order chi connectivity index (χ0) is 30.8. The Labute approximate surface area is 281 Å². The Balaban J connectivity index is 0.000000362. The molecule has 0 radical (unpaired) electrons. The van der Waals surface area contributed by atoms with Crippen molar-refractivity contribution in [1.82, 2.24) is 9.97 Å². The van der Waals surface area contributed by atoms with Crippen molar-refractivity contribution in [1.29, 1.82) is 0 Å². The lowest BCUT2D eigenvalue weighted by atomic mass is 10.2. The summed E-state index contributed by atoms with van der Waals surface area (Å²) in [5.74, 6) is 0.773. The molecule has 0 fully saturated rings. The summed E-state index contributed by atoms with van der Waals surface area (Å²) in [5.41, 5.74) is 2.40. The van der Waals surface area contributed by atoms with Gasteiger partial charge in [0.25, 0.3) is 0 Å². The van der Waals surface area contributed by atoms with E-state index in [4.69, 9.17) is 37.4 Å². The third-order valence-electron chi connectivity index (χ3n) is 5.78. The highest BCUT2D eigenvalue weighted by atomic mass is 79.9. The quantitative estimate of drug-likeness (QED) is 0.0713. The number of aromatic amines is 1. The molecule has 1 N–H and O–H groups in total. The predicted molar refractivity (Wildman–Crippen MR) is 187 cm³/mol. The molecule has 0 saturated heterocycles. The molecule has 2 heterocycles. The molecule has 4 rings (SSSR count). The van der Waals surface area contributed by atoms with Gasteiger partial charge >= 0.3 is 0 Å². The van der Waals surface area contributed by atoms with Crippen LogP contribution in [0.1, 0.15) is 57.1 Å². The van der Waals surface area contributed by atoms with Crippen molar-refractivity contribution < 1.29 is 14.2 Å². The van der Waals surface area contributed by atoms with Crippen molar-refractivity contribution in [3.8, 4) is 5.75 Å². The third-order valence-corrected chi connectivity index (χ3v) is 6.77. The largest absolute Gasteiger partial charge is 0.493 e. The van der Waals surface area contributed by atoms with Gasteiger partial charge in [-0.05, 0) is 49.3 Å². The second kappa shape index (κ2) is 26.7. The molecule has 44 heavy (non-hydrogen) atoms. The minimum absolute atomic E-state index is 0. The Morgan fingerprint density at radius 3 is 1.77 bits per heavy atom. The summed E-state index contributed by atoms with van der Waals surface area (Å²) in [6.45, 7) is 3.79. The highest BCUT2D eigenvalue weighted by Crippen LogP contribution is 2.15. The third kappa shape index (κ3) is 21.1. The topological polar surface area (TPSA) is 73.4 Å². The van der Waals surface area contributed by atoms with Crippen molar-refractivity contribution in [2.24, 2.45) is 0 Å². The molecule has 0 saturated carbocycles. The molecule has 0 aliphatic carbocycles. The molecule has 0 aliphatic heterocycles. The first-order valence-corrected chi connectivity index (χ1v) is 16.3. The van der Waals surface area contributed by atoms with Crippen LogP contribution < -0.4 is 10.2 Å². The van der Waals surface area contributed by atoms with Crippen LogP contribution in [0.15, 0.2) is 102 Å². The van der Waals surface area contributed by atoms with Crippen molar-refractivity contribution in [2.45, 2.75) is 59.2 Å². The van der Waals surface area contributed by atoms with Gasteiger partial charge in [0.15, 0.2) is 5.43 Å². The Morgan fingerprint density at radius 2 is 1.27 bits per heavy atom. The maximum atomic E-state index is 10.4. The van der Waals surface area contributed by atoms with Gasteiger partial charge < -0.3 is 19.2 Å². The molecule has 0 amide bonds. The second-order valence-corrected chi connectivity index (χ2v) is 11.0. The number of nitrogens with zero attached hydrogens (tertiary/aromatic N) is 1. The molecule has 0 bridgehead atoms. The smallest absolute Gasteiger partial charge is 0.183 e. The average Bonchev–Trinajstić information content (AvgIpc) is 3.02. The van der Waals surface area contributed by atoms with Crippen molar-refractivity contribution in [2.75, 3.05) is 25.2 Å². The number of nitrogens with one attached hydrogen (secondary N) is 1. The van der Waals surface area contributed by atoms with Gasteiger partial charge in [-0.25, -0.2) is 4.98 Å². The van der Waals surface area contributed by atoms with Crippen LogP contribution in [-0.2, 0) is 22.7 Å². The van der Waals surface area contributed by atoms with Gasteiger partial charge in [0.05, 0.1) is 19.8 Å². The number of benzene rings is 2. The highest BCUT2D eigenvalue weighted by molar-refractivity contribution is 9.09. The fourth-order valence-corrected chi connectivity index (χ4v) is 4.30. The lowest BCUT2D eigenvalue weighted by Crippen LogP contribution is -2.00. The van der Waals surface area contributed by atoms with E-state index in [1.807, 2.05) is 42.5 Å². The lowest BCUT2D eigenvalue weighted by molar-refractivity contribution is 0.116. The fourth-order valence-electron chi connectivity index (χ4n) is 3.57. The number of unbranched alkanes of at least 4 members (excludes halogenated alkanes) is 4. The van der Waals surface area contributed by atoms with Crippen LogP contribution in [0.25, 0.3) is 0 Å². The zero-order valence-electron chi connectivity index (χ0n) is 24.4. The average molecular weight is 709 g/mol. The molecule has 0 unspecified atom stereocenters. The van der Waals surface area contributed by atoms with Gasteiger partial charge in [0.1, 0.15) is 16.1 Å². The first-order valence-electron chi connectivity index (χ1n) is 14.4. The van der Waals surface area contributed by atoms with Crippen molar-refractivity contribution in [3.63, 3.8) is 0 Å². The normalized spacial score (nSPS) is 9.98. The van der Waals surface area contributed by atoms with E-state index >= 15 is 0 Å². The second-order valence-electron chi connectivity index (χ2n) is 9.42. The molecule has 240 valence electrons. The maximum absolute atomic E-state index is 10.4. The number of hydrogen-bond donors (Lipinski definition) is 1. The zero-order valence-corrected chi connectivity index (χ0v) is 27.5. The standard InChI is InChI=1S/C17H20ClNO2.C12H17BrO.C5H4ClNO.CH4/c18-17-13-16(9-10-19-17)21-12-6-2-5-11-20-14-15-7-3-1-4-8-15;13-9-5-2-6-10-14-11-12-7-3-1-4-8-12;6-5-3-4(8)1-2-7-5;/h1,3-4,7-10,13H,2,5-6,11-12,14H2;1,3-4,7-8H,2,5-6,9-11H2;1-3H,(H,7,8);1H4. The van der Waals surface area contributed by atoms with Crippen LogP contribution in [-0.4, -0.2) is 35.1 Å². The molecule has 6 nitrogen and oxygen atoms in total. The summed E-state index contributed by atoms with van der Waals surface area (Å²) >= 11 is 14.6. The highest BCUT2D eigenvalue weighted by Gasteiger charge is 1.97. The van der Waals surface area contributed by atoms with E-state index in [0.717, 1.165) is 50.2 Å². The van der Waals surface area contributed by atoms with E-state index in [9.17, 15) is 4.79 Å². The monoisotopic (exact) mass is 706 g/mol. The van der Waals surface area contributed by atoms with Crippen LogP contribution >= 0.6 is 39.1 Å². The molecular weight excluding hydrogens is 663 g/mol. The summed E-state index contributed by atoms with van der Waals surface area (Å²) in [7, 11) is 0. The van der Waals surface area contributed by atoms with Crippen LogP contribution in [0.2, 0.25) is 10.3 Å². The van der Waals surface area contributed by atoms with Gasteiger partial charge in [0.2, 0.25) is 0 Å². The van der Waals surface area contributed by atoms with Gasteiger partial charge in [-0.1, -0.05) is 114 Å². The number of alkyl halides is 1. The fraction of sp³-hybridized carbons (Fsp3) is 0.371. The van der Waals surface area contributed by atoms with Gasteiger partial charge in [-0.2, -0.15) is 0 Å². The van der Waals surface area contributed by atoms with Gasteiger partial charge in [-0.15, -0.1) is 0 Å². The molecule has 0 aliphatic rings. The van der Waals surface area contributed by atoms with Gasteiger partial charge in [0, 0.05) is 49.1 Å². The Morgan fingerprint density at radius 1 is 0.705 bits per heavy atom. The van der Waals surface area contributed by atoms with Crippen molar-refractivity contribution in [3.05, 3.63) is 129 Å². The van der Waals surface area contributed by atoms with Crippen LogP contribution in [0, 0.1) is 0 Å². The summed E-state index contributed by atoms with van der Waals surface area (Å²) < 4.78 is 16.8. The summed E-state index contributed by atoms with van der Waals surface area (Å²) in [6, 6.07) is 26.8. The van der Waals surface area contributed by atoms with Crippen molar-refractivity contribution >= 4 is 39.1 Å². The Hall–Kier alpha value is -2.68. The SMILES string of the molecule is BrCCCCCOCc1ccccc1.C.Clc1cc(OCCCCCOCc2ccccc2)ccn1.O=c1cc[nH]c(Cl)c1. The number of H-pyrrole nitrogens is 1. The lowest BCUT2D eigenvalue weighted by Gasteiger charge is -2.06. The van der Waals surface area contributed by atoms with Crippen LogP contribution in [0.3, 0.4) is 0 Å². The first kappa shape index (κ1) is 39.3. The number of halogens is 3. The number of pyridine rings is 2.